The number of fused-ring (bicyclic) bond motifs is 1. The number of nitrogens with zero attached hydrogens (tertiary/aromatic N) is 1. The molecule has 2 bridgehead atoms. The number of carbonyl (C=O) groups is 2. The van der Waals surface area contributed by atoms with Crippen molar-refractivity contribution in [3.63, 3.8) is 0 Å². The molecule has 5 unspecified atom stereocenters. The standard InChI is InChI=1S/C15H21NO4S/c17-12(1-2-16-3-5-21-6-4-16)19-13-9-7-10-11(8-9)15(18)20-14(10)13/h9-11,13-14H,1-8H2. The molecule has 2 aliphatic heterocycles. The summed E-state index contributed by atoms with van der Waals surface area (Å²) in [6.45, 7) is 2.91. The van der Waals surface area contributed by atoms with E-state index in [0.717, 1.165) is 44.0 Å². The second kappa shape index (κ2) is 5.47. The van der Waals surface area contributed by atoms with Crippen molar-refractivity contribution < 1.29 is 19.1 Å². The summed E-state index contributed by atoms with van der Waals surface area (Å²) in [6.07, 6.45) is 1.95. The summed E-state index contributed by atoms with van der Waals surface area (Å²) in [4.78, 5) is 26.1. The van der Waals surface area contributed by atoms with Crippen LogP contribution >= 0.6 is 11.8 Å². The molecular weight excluding hydrogens is 290 g/mol. The van der Waals surface area contributed by atoms with Crippen LogP contribution in [0.4, 0.5) is 0 Å². The predicted octanol–water partition coefficient (Wildman–Crippen LogP) is 0.918. The van der Waals surface area contributed by atoms with Gasteiger partial charge in [-0.1, -0.05) is 0 Å². The maximum atomic E-state index is 12.1. The molecule has 0 aromatic carbocycles. The van der Waals surface area contributed by atoms with Crippen molar-refractivity contribution in [3.8, 4) is 0 Å². The quantitative estimate of drug-likeness (QED) is 0.720. The Kier molecular flexibility index (Phi) is 3.61. The van der Waals surface area contributed by atoms with Gasteiger partial charge in [0.25, 0.3) is 0 Å². The maximum absolute atomic E-state index is 12.1. The van der Waals surface area contributed by atoms with Crippen LogP contribution in [0.1, 0.15) is 19.3 Å². The van der Waals surface area contributed by atoms with Gasteiger partial charge in [-0.25, -0.2) is 0 Å². The molecule has 5 atom stereocenters. The molecule has 2 heterocycles. The molecule has 0 spiro atoms. The lowest BCUT2D eigenvalue weighted by atomic mass is 9.88. The third kappa shape index (κ3) is 2.46. The first-order valence-corrected chi connectivity index (χ1v) is 9.08. The molecule has 6 heteroatoms. The van der Waals surface area contributed by atoms with Crippen molar-refractivity contribution in [2.24, 2.45) is 17.8 Å². The van der Waals surface area contributed by atoms with E-state index in [1.54, 1.807) is 0 Å². The number of thioether (sulfide) groups is 1. The Bertz CT molecular complexity index is 451. The number of esters is 2. The Labute approximate surface area is 128 Å². The van der Waals surface area contributed by atoms with Gasteiger partial charge in [0.1, 0.15) is 12.2 Å². The Morgan fingerprint density at radius 1 is 1.33 bits per heavy atom. The van der Waals surface area contributed by atoms with Gasteiger partial charge >= 0.3 is 11.9 Å². The van der Waals surface area contributed by atoms with Gasteiger partial charge in [-0.15, -0.1) is 0 Å². The van der Waals surface area contributed by atoms with Gasteiger partial charge in [-0.05, 0) is 12.8 Å². The van der Waals surface area contributed by atoms with E-state index in [4.69, 9.17) is 9.47 Å². The zero-order valence-corrected chi connectivity index (χ0v) is 12.8. The van der Waals surface area contributed by atoms with Crippen LogP contribution in [0.25, 0.3) is 0 Å². The molecule has 2 saturated carbocycles. The van der Waals surface area contributed by atoms with Crippen molar-refractivity contribution in [2.75, 3.05) is 31.1 Å². The van der Waals surface area contributed by atoms with Crippen LogP contribution in [-0.4, -0.2) is 60.2 Å². The van der Waals surface area contributed by atoms with Gasteiger partial charge in [-0.3, -0.25) is 9.59 Å². The van der Waals surface area contributed by atoms with E-state index in [9.17, 15) is 9.59 Å². The Morgan fingerprint density at radius 3 is 2.95 bits per heavy atom. The molecule has 0 amide bonds. The van der Waals surface area contributed by atoms with E-state index >= 15 is 0 Å². The molecular formula is C15H21NO4S. The van der Waals surface area contributed by atoms with Crippen LogP contribution in [0.3, 0.4) is 0 Å². The molecule has 4 fully saturated rings. The second-order valence-corrected chi connectivity index (χ2v) is 7.79. The number of rotatable bonds is 4. The third-order valence-corrected chi connectivity index (χ3v) is 6.36. The fourth-order valence-corrected chi connectivity index (χ4v) is 5.33. The minimum absolute atomic E-state index is 0.0723. The lowest BCUT2D eigenvalue weighted by molar-refractivity contribution is -0.162. The monoisotopic (exact) mass is 311 g/mol. The normalized spacial score (nSPS) is 41.3. The minimum atomic E-state index is -0.179. The van der Waals surface area contributed by atoms with Crippen LogP contribution in [-0.2, 0) is 19.1 Å². The molecule has 0 aromatic rings. The van der Waals surface area contributed by atoms with E-state index in [1.165, 1.54) is 0 Å². The fraction of sp³-hybridized carbons (Fsp3) is 0.867. The largest absolute Gasteiger partial charge is 0.458 e. The fourth-order valence-electron chi connectivity index (χ4n) is 4.35. The van der Waals surface area contributed by atoms with Crippen LogP contribution in [0.2, 0.25) is 0 Å². The minimum Gasteiger partial charge on any atom is -0.458 e. The molecule has 2 saturated heterocycles. The highest BCUT2D eigenvalue weighted by molar-refractivity contribution is 7.99. The first-order valence-electron chi connectivity index (χ1n) is 7.92. The maximum Gasteiger partial charge on any atom is 0.309 e. The van der Waals surface area contributed by atoms with Gasteiger partial charge in [0.15, 0.2) is 0 Å². The third-order valence-electron chi connectivity index (χ3n) is 5.42. The Hall–Kier alpha value is -0.750. The zero-order valence-electron chi connectivity index (χ0n) is 12.0. The molecule has 0 radical (unpaired) electrons. The number of ether oxygens (including phenoxy) is 2. The highest BCUT2D eigenvalue weighted by Gasteiger charge is 2.63. The summed E-state index contributed by atoms with van der Waals surface area (Å²) in [6, 6.07) is 0. The molecule has 0 aromatic heterocycles. The first kappa shape index (κ1) is 13.9. The van der Waals surface area contributed by atoms with Gasteiger partial charge < -0.3 is 14.4 Å². The first-order chi connectivity index (χ1) is 10.2. The van der Waals surface area contributed by atoms with Crippen molar-refractivity contribution in [1.82, 2.24) is 4.90 Å². The summed E-state index contributed by atoms with van der Waals surface area (Å²) in [7, 11) is 0. The van der Waals surface area contributed by atoms with Crippen LogP contribution in [0.15, 0.2) is 0 Å². The van der Waals surface area contributed by atoms with E-state index in [1.807, 2.05) is 11.8 Å². The van der Waals surface area contributed by atoms with E-state index in [2.05, 4.69) is 4.90 Å². The molecule has 0 N–H and O–H groups in total. The second-order valence-electron chi connectivity index (χ2n) is 6.56. The topological polar surface area (TPSA) is 55.8 Å². The summed E-state index contributed by atoms with van der Waals surface area (Å²) in [5.41, 5.74) is 0. The van der Waals surface area contributed by atoms with Crippen LogP contribution in [0, 0.1) is 17.8 Å². The average molecular weight is 311 g/mol. The zero-order chi connectivity index (χ0) is 14.4. The smallest absolute Gasteiger partial charge is 0.309 e. The number of hydrogen-bond acceptors (Lipinski definition) is 6. The lowest BCUT2D eigenvalue weighted by Crippen LogP contribution is -2.38. The van der Waals surface area contributed by atoms with Crippen LogP contribution < -0.4 is 0 Å². The molecule has 4 aliphatic rings. The van der Waals surface area contributed by atoms with Crippen molar-refractivity contribution in [2.45, 2.75) is 31.5 Å². The van der Waals surface area contributed by atoms with Gasteiger partial charge in [0.2, 0.25) is 0 Å². The SMILES string of the molecule is O=C(CCN1CCSCC1)OC1C2CC3C(=O)OC1C3C2. The van der Waals surface area contributed by atoms with Crippen molar-refractivity contribution in [1.29, 1.82) is 0 Å². The van der Waals surface area contributed by atoms with E-state index in [-0.39, 0.29) is 30.1 Å². The predicted molar refractivity (Wildman–Crippen MR) is 77.8 cm³/mol. The molecule has 4 rings (SSSR count). The molecule has 116 valence electrons. The molecule has 5 nitrogen and oxygen atoms in total. The summed E-state index contributed by atoms with van der Waals surface area (Å²) in [5, 5.41) is 0. The Balaban J connectivity index is 1.28. The summed E-state index contributed by atoms with van der Waals surface area (Å²) in [5.74, 6) is 2.83. The number of hydrogen-bond donors (Lipinski definition) is 0. The van der Waals surface area contributed by atoms with Crippen molar-refractivity contribution in [3.05, 3.63) is 0 Å². The summed E-state index contributed by atoms with van der Waals surface area (Å²) >= 11 is 1.97. The van der Waals surface area contributed by atoms with Gasteiger partial charge in [-0.2, -0.15) is 11.8 Å². The highest BCUT2D eigenvalue weighted by atomic mass is 32.2. The van der Waals surface area contributed by atoms with Crippen molar-refractivity contribution >= 4 is 23.7 Å². The highest BCUT2D eigenvalue weighted by Crippen LogP contribution is 2.55. The molecule has 2 aliphatic carbocycles. The lowest BCUT2D eigenvalue weighted by Gasteiger charge is -2.27. The van der Waals surface area contributed by atoms with Gasteiger partial charge in [0, 0.05) is 43.0 Å². The number of carbonyl (C=O) groups excluding carboxylic acids is 2. The van der Waals surface area contributed by atoms with E-state index < -0.39 is 0 Å². The Morgan fingerprint density at radius 2 is 2.14 bits per heavy atom. The van der Waals surface area contributed by atoms with Crippen LogP contribution in [0.5, 0.6) is 0 Å². The molecule has 21 heavy (non-hydrogen) atoms. The average Bonchev–Trinajstić information content (AvgIpc) is 3.11. The van der Waals surface area contributed by atoms with Gasteiger partial charge in [0.05, 0.1) is 12.3 Å². The van der Waals surface area contributed by atoms with E-state index in [0.29, 0.717) is 18.3 Å². The summed E-state index contributed by atoms with van der Waals surface area (Å²) < 4.78 is 11.1.